The fraction of sp³-hybridized carbons (Fsp3) is 0.571. The molecular formula is C14H22N2O2. The van der Waals surface area contributed by atoms with Gasteiger partial charge in [-0.3, -0.25) is 4.90 Å². The number of hydrogen-bond acceptors (Lipinski definition) is 4. The Morgan fingerprint density at radius 2 is 2.11 bits per heavy atom. The van der Waals surface area contributed by atoms with Crippen molar-refractivity contribution >= 4 is 0 Å². The minimum Gasteiger partial charge on any atom is -0.454 e. The van der Waals surface area contributed by atoms with Gasteiger partial charge in [-0.1, -0.05) is 6.07 Å². The fourth-order valence-corrected chi connectivity index (χ4v) is 2.13. The lowest BCUT2D eigenvalue weighted by Crippen LogP contribution is -2.25. The first kappa shape index (κ1) is 13.2. The standard InChI is InChI=1S/C14H22N2O2/c1-11(16(3)8-4-7-15-2)12-5-6-13-14(9-12)18-10-17-13/h5-6,9,11,15H,4,7-8,10H2,1-3H3. The van der Waals surface area contributed by atoms with E-state index in [-0.39, 0.29) is 0 Å². The summed E-state index contributed by atoms with van der Waals surface area (Å²) in [5.74, 6) is 1.71. The van der Waals surface area contributed by atoms with Crippen LogP contribution in [0.5, 0.6) is 11.5 Å². The Labute approximate surface area is 109 Å². The number of ether oxygens (including phenoxy) is 2. The summed E-state index contributed by atoms with van der Waals surface area (Å²) in [6, 6.07) is 6.58. The number of fused-ring (bicyclic) bond motifs is 1. The van der Waals surface area contributed by atoms with Crippen molar-refractivity contribution in [3.05, 3.63) is 23.8 Å². The van der Waals surface area contributed by atoms with Gasteiger partial charge in [0.15, 0.2) is 11.5 Å². The van der Waals surface area contributed by atoms with Crippen molar-refractivity contribution in [3.63, 3.8) is 0 Å². The van der Waals surface area contributed by atoms with Crippen LogP contribution in [0.25, 0.3) is 0 Å². The lowest BCUT2D eigenvalue weighted by molar-refractivity contribution is 0.174. The minimum atomic E-state index is 0.338. The highest BCUT2D eigenvalue weighted by molar-refractivity contribution is 5.45. The quantitative estimate of drug-likeness (QED) is 0.783. The van der Waals surface area contributed by atoms with Gasteiger partial charge in [0.05, 0.1) is 0 Å². The Hall–Kier alpha value is -1.26. The third-order valence-corrected chi connectivity index (χ3v) is 3.48. The van der Waals surface area contributed by atoms with Gasteiger partial charge in [0.1, 0.15) is 0 Å². The summed E-state index contributed by atoms with van der Waals surface area (Å²) in [7, 11) is 4.15. The van der Waals surface area contributed by atoms with Crippen LogP contribution in [-0.4, -0.2) is 38.9 Å². The van der Waals surface area contributed by atoms with Crippen LogP contribution in [0.2, 0.25) is 0 Å². The smallest absolute Gasteiger partial charge is 0.231 e. The molecule has 0 aromatic heterocycles. The van der Waals surface area contributed by atoms with Crippen molar-refractivity contribution in [1.29, 1.82) is 0 Å². The normalized spacial score (nSPS) is 15.1. The topological polar surface area (TPSA) is 33.7 Å². The van der Waals surface area contributed by atoms with Crippen LogP contribution in [0.3, 0.4) is 0 Å². The average Bonchev–Trinajstić information content (AvgIpc) is 2.85. The Bertz CT molecular complexity index is 395. The molecule has 0 aliphatic carbocycles. The molecule has 0 amide bonds. The molecule has 18 heavy (non-hydrogen) atoms. The molecule has 0 saturated heterocycles. The Morgan fingerprint density at radius 1 is 1.33 bits per heavy atom. The zero-order valence-corrected chi connectivity index (χ0v) is 11.4. The van der Waals surface area contributed by atoms with E-state index in [1.165, 1.54) is 5.56 Å². The highest BCUT2D eigenvalue weighted by Crippen LogP contribution is 2.35. The fourth-order valence-electron chi connectivity index (χ4n) is 2.13. The van der Waals surface area contributed by atoms with Crippen LogP contribution < -0.4 is 14.8 Å². The van der Waals surface area contributed by atoms with Crippen molar-refractivity contribution in [2.45, 2.75) is 19.4 Å². The van der Waals surface area contributed by atoms with Crippen molar-refractivity contribution in [1.82, 2.24) is 10.2 Å². The van der Waals surface area contributed by atoms with Crippen LogP contribution in [0.1, 0.15) is 24.9 Å². The van der Waals surface area contributed by atoms with Gasteiger partial charge < -0.3 is 14.8 Å². The predicted molar refractivity (Wildman–Crippen MR) is 72.2 cm³/mol. The van der Waals surface area contributed by atoms with Gasteiger partial charge in [0.2, 0.25) is 6.79 Å². The van der Waals surface area contributed by atoms with E-state index in [0.717, 1.165) is 31.0 Å². The summed E-state index contributed by atoms with van der Waals surface area (Å²) in [6.07, 6.45) is 1.15. The average molecular weight is 250 g/mol. The first-order valence-corrected chi connectivity index (χ1v) is 6.46. The van der Waals surface area contributed by atoms with E-state index in [9.17, 15) is 0 Å². The van der Waals surface area contributed by atoms with Crippen LogP contribution in [-0.2, 0) is 0 Å². The van der Waals surface area contributed by atoms with Crippen LogP contribution in [0.15, 0.2) is 18.2 Å². The first-order chi connectivity index (χ1) is 8.72. The monoisotopic (exact) mass is 250 g/mol. The molecule has 1 aromatic rings. The summed E-state index contributed by atoms with van der Waals surface area (Å²) in [5.41, 5.74) is 1.27. The summed E-state index contributed by atoms with van der Waals surface area (Å²) < 4.78 is 10.7. The third-order valence-electron chi connectivity index (χ3n) is 3.48. The molecule has 1 heterocycles. The largest absolute Gasteiger partial charge is 0.454 e. The molecule has 1 unspecified atom stereocenters. The zero-order valence-electron chi connectivity index (χ0n) is 11.4. The maximum Gasteiger partial charge on any atom is 0.231 e. The molecule has 100 valence electrons. The number of rotatable bonds is 6. The van der Waals surface area contributed by atoms with Crippen LogP contribution in [0.4, 0.5) is 0 Å². The summed E-state index contributed by atoms with van der Waals surface area (Å²) in [4.78, 5) is 2.36. The number of hydrogen-bond donors (Lipinski definition) is 1. The van der Waals surface area contributed by atoms with Crippen molar-refractivity contribution in [3.8, 4) is 11.5 Å². The minimum absolute atomic E-state index is 0.338. The van der Waals surface area contributed by atoms with E-state index in [2.05, 4.69) is 36.3 Å². The molecule has 0 saturated carbocycles. The number of benzene rings is 1. The maximum atomic E-state index is 5.42. The second kappa shape index (κ2) is 6.07. The van der Waals surface area contributed by atoms with E-state index in [4.69, 9.17) is 9.47 Å². The molecular weight excluding hydrogens is 228 g/mol. The molecule has 1 N–H and O–H groups in total. The lowest BCUT2D eigenvalue weighted by atomic mass is 10.1. The molecule has 0 radical (unpaired) electrons. The Balaban J connectivity index is 1.97. The summed E-state index contributed by atoms with van der Waals surface area (Å²) in [5, 5.41) is 3.17. The molecule has 0 fully saturated rings. The first-order valence-electron chi connectivity index (χ1n) is 6.46. The molecule has 4 nitrogen and oxygen atoms in total. The molecule has 0 spiro atoms. The van der Waals surface area contributed by atoms with E-state index in [1.54, 1.807) is 0 Å². The lowest BCUT2D eigenvalue weighted by Gasteiger charge is -2.25. The third kappa shape index (κ3) is 2.94. The van der Waals surface area contributed by atoms with Crippen LogP contribution in [0, 0.1) is 0 Å². The van der Waals surface area contributed by atoms with Crippen LogP contribution >= 0.6 is 0 Å². The zero-order chi connectivity index (χ0) is 13.0. The van der Waals surface area contributed by atoms with E-state index < -0.39 is 0 Å². The van der Waals surface area contributed by atoms with Gasteiger partial charge in [-0.25, -0.2) is 0 Å². The Kier molecular flexibility index (Phi) is 4.44. The molecule has 1 aliphatic heterocycles. The van der Waals surface area contributed by atoms with Gasteiger partial charge in [-0.05, 0) is 58.2 Å². The molecule has 0 bridgehead atoms. The number of nitrogens with one attached hydrogen (secondary N) is 1. The van der Waals surface area contributed by atoms with Crippen molar-refractivity contribution in [2.24, 2.45) is 0 Å². The number of nitrogens with zero attached hydrogens (tertiary/aromatic N) is 1. The highest BCUT2D eigenvalue weighted by Gasteiger charge is 2.17. The van der Waals surface area contributed by atoms with Gasteiger partial charge in [0, 0.05) is 6.04 Å². The summed E-state index contributed by atoms with van der Waals surface area (Å²) in [6.45, 7) is 4.69. The molecule has 1 aliphatic rings. The van der Waals surface area contributed by atoms with Gasteiger partial charge in [-0.15, -0.1) is 0 Å². The van der Waals surface area contributed by atoms with E-state index in [1.807, 2.05) is 13.1 Å². The Morgan fingerprint density at radius 3 is 2.89 bits per heavy atom. The van der Waals surface area contributed by atoms with Crippen molar-refractivity contribution < 1.29 is 9.47 Å². The summed E-state index contributed by atoms with van der Waals surface area (Å²) >= 11 is 0. The van der Waals surface area contributed by atoms with Gasteiger partial charge >= 0.3 is 0 Å². The van der Waals surface area contributed by atoms with Gasteiger partial charge in [-0.2, -0.15) is 0 Å². The van der Waals surface area contributed by atoms with Gasteiger partial charge in [0.25, 0.3) is 0 Å². The molecule has 2 rings (SSSR count). The molecule has 4 heteroatoms. The molecule has 1 aromatic carbocycles. The maximum absolute atomic E-state index is 5.42. The predicted octanol–water partition coefficient (Wildman–Crippen LogP) is 2.02. The van der Waals surface area contributed by atoms with E-state index in [0.29, 0.717) is 12.8 Å². The van der Waals surface area contributed by atoms with Crippen molar-refractivity contribution in [2.75, 3.05) is 34.0 Å². The second-order valence-corrected chi connectivity index (χ2v) is 4.73. The molecule has 1 atom stereocenters. The highest BCUT2D eigenvalue weighted by atomic mass is 16.7. The SMILES string of the molecule is CNCCCN(C)C(C)c1ccc2c(c1)OCO2. The second-order valence-electron chi connectivity index (χ2n) is 4.73. The van der Waals surface area contributed by atoms with E-state index >= 15 is 0 Å².